The highest BCUT2D eigenvalue weighted by atomic mass is 35.5. The van der Waals surface area contributed by atoms with Crippen LogP contribution in [0.4, 0.5) is 11.4 Å². The van der Waals surface area contributed by atoms with Crippen molar-refractivity contribution in [2.75, 3.05) is 12.4 Å². The van der Waals surface area contributed by atoms with E-state index in [1.165, 1.54) is 13.2 Å². The van der Waals surface area contributed by atoms with Crippen LogP contribution in [-0.4, -0.2) is 23.2 Å². The van der Waals surface area contributed by atoms with Crippen molar-refractivity contribution in [3.05, 3.63) is 46.7 Å². The van der Waals surface area contributed by atoms with Gasteiger partial charge >= 0.3 is 5.97 Å². The maximum Gasteiger partial charge on any atom is 0.339 e. The Morgan fingerprint density at radius 2 is 2.15 bits per heavy atom. The third-order valence-corrected chi connectivity index (χ3v) is 3.12. The summed E-state index contributed by atoms with van der Waals surface area (Å²) in [5, 5.41) is 12.5. The summed E-state index contributed by atoms with van der Waals surface area (Å²) in [5.74, 6) is -0.841. The van der Waals surface area contributed by atoms with Gasteiger partial charge in [0.05, 0.1) is 17.8 Å². The Labute approximate surface area is 121 Å². The predicted molar refractivity (Wildman–Crippen MR) is 77.2 cm³/mol. The van der Waals surface area contributed by atoms with Crippen molar-refractivity contribution < 1.29 is 14.6 Å². The van der Waals surface area contributed by atoms with Crippen LogP contribution in [0.5, 0.6) is 5.75 Å². The first-order chi connectivity index (χ1) is 9.52. The molecule has 0 radical (unpaired) electrons. The fourth-order valence-electron chi connectivity index (χ4n) is 1.74. The van der Waals surface area contributed by atoms with Crippen molar-refractivity contribution in [1.29, 1.82) is 0 Å². The summed E-state index contributed by atoms with van der Waals surface area (Å²) in [7, 11) is 1.41. The van der Waals surface area contributed by atoms with E-state index in [1.807, 2.05) is 13.0 Å². The lowest BCUT2D eigenvalue weighted by Gasteiger charge is -2.13. The maximum atomic E-state index is 11.1. The van der Waals surface area contributed by atoms with Gasteiger partial charge in [-0.05, 0) is 24.6 Å². The first-order valence-corrected chi connectivity index (χ1v) is 6.19. The average Bonchev–Trinajstić information content (AvgIpc) is 2.42. The number of carboxylic acid groups (broad SMARTS) is 1. The molecule has 2 rings (SSSR count). The molecular weight excluding hydrogens is 280 g/mol. The Morgan fingerprint density at radius 3 is 2.75 bits per heavy atom. The number of aromatic carboxylic acids is 1. The Morgan fingerprint density at radius 1 is 1.40 bits per heavy atom. The second-order valence-corrected chi connectivity index (χ2v) is 4.56. The molecule has 20 heavy (non-hydrogen) atoms. The topological polar surface area (TPSA) is 71.5 Å². The molecule has 0 aliphatic heterocycles. The van der Waals surface area contributed by atoms with Gasteiger partial charge in [-0.25, -0.2) is 4.79 Å². The van der Waals surface area contributed by atoms with Gasteiger partial charge in [-0.1, -0.05) is 11.6 Å². The number of nitrogens with one attached hydrogen (secondary N) is 1. The molecule has 0 spiro atoms. The molecule has 0 unspecified atom stereocenters. The highest BCUT2D eigenvalue weighted by molar-refractivity contribution is 6.33. The van der Waals surface area contributed by atoms with Crippen molar-refractivity contribution in [2.45, 2.75) is 6.92 Å². The van der Waals surface area contributed by atoms with E-state index >= 15 is 0 Å². The van der Waals surface area contributed by atoms with Gasteiger partial charge in [-0.2, -0.15) is 0 Å². The fraction of sp³-hybridized carbons (Fsp3) is 0.143. The van der Waals surface area contributed by atoms with Crippen LogP contribution in [0.15, 0.2) is 30.6 Å². The number of aromatic nitrogens is 1. The van der Waals surface area contributed by atoms with Crippen LogP contribution in [0.3, 0.4) is 0 Å². The number of hydrogen-bond acceptors (Lipinski definition) is 4. The van der Waals surface area contributed by atoms with Crippen molar-refractivity contribution in [3.8, 4) is 5.75 Å². The first kappa shape index (κ1) is 14.1. The quantitative estimate of drug-likeness (QED) is 0.902. The van der Waals surface area contributed by atoms with E-state index in [9.17, 15) is 4.79 Å². The lowest BCUT2D eigenvalue weighted by molar-refractivity contribution is 0.0693. The number of anilines is 2. The smallest absolute Gasteiger partial charge is 0.339 e. The molecule has 0 bridgehead atoms. The van der Waals surface area contributed by atoms with E-state index in [0.717, 1.165) is 11.3 Å². The van der Waals surface area contributed by atoms with Crippen LogP contribution in [0.1, 0.15) is 15.9 Å². The molecule has 0 aliphatic rings. The molecule has 1 heterocycles. The summed E-state index contributed by atoms with van der Waals surface area (Å²) in [6.07, 6.45) is 3.38. The lowest BCUT2D eigenvalue weighted by atomic mass is 10.1. The summed E-state index contributed by atoms with van der Waals surface area (Å²) >= 11 is 6.11. The third kappa shape index (κ3) is 2.83. The van der Waals surface area contributed by atoms with E-state index < -0.39 is 5.97 Å². The van der Waals surface area contributed by atoms with E-state index in [4.69, 9.17) is 21.4 Å². The van der Waals surface area contributed by atoms with Gasteiger partial charge in [0.2, 0.25) is 0 Å². The van der Waals surface area contributed by atoms with Gasteiger partial charge in [-0.3, -0.25) is 4.98 Å². The maximum absolute atomic E-state index is 11.1. The second-order valence-electron chi connectivity index (χ2n) is 4.15. The molecule has 0 saturated heterocycles. The molecule has 0 atom stereocenters. The number of carbonyl (C=O) groups is 1. The molecule has 104 valence electrons. The molecule has 5 nitrogen and oxygen atoms in total. The van der Waals surface area contributed by atoms with Crippen molar-refractivity contribution in [3.63, 3.8) is 0 Å². The van der Waals surface area contributed by atoms with Crippen molar-refractivity contribution in [2.24, 2.45) is 0 Å². The van der Waals surface area contributed by atoms with E-state index in [0.29, 0.717) is 10.7 Å². The van der Waals surface area contributed by atoms with Gasteiger partial charge in [-0.15, -0.1) is 0 Å². The summed E-state index contributed by atoms with van der Waals surface area (Å²) in [5.41, 5.74) is 2.38. The molecule has 0 aliphatic carbocycles. The van der Waals surface area contributed by atoms with Gasteiger partial charge < -0.3 is 15.2 Å². The number of halogens is 1. The zero-order valence-corrected chi connectivity index (χ0v) is 11.7. The summed E-state index contributed by atoms with van der Waals surface area (Å²) in [6, 6.07) is 4.73. The van der Waals surface area contributed by atoms with Crippen molar-refractivity contribution >= 4 is 28.9 Å². The average molecular weight is 293 g/mol. The first-order valence-electron chi connectivity index (χ1n) is 5.81. The highest BCUT2D eigenvalue weighted by Gasteiger charge is 2.15. The van der Waals surface area contributed by atoms with Gasteiger partial charge in [0.15, 0.2) is 0 Å². The van der Waals surface area contributed by atoms with Gasteiger partial charge in [0.25, 0.3) is 0 Å². The number of ether oxygens (including phenoxy) is 1. The molecule has 1 aromatic carbocycles. The molecule has 0 fully saturated rings. The van der Waals surface area contributed by atoms with Crippen LogP contribution in [-0.2, 0) is 0 Å². The minimum absolute atomic E-state index is 0.0227. The van der Waals surface area contributed by atoms with E-state index in [1.54, 1.807) is 18.5 Å². The molecule has 0 amide bonds. The Balaban J connectivity index is 2.43. The minimum Gasteiger partial charge on any atom is -0.496 e. The lowest BCUT2D eigenvalue weighted by Crippen LogP contribution is -2.02. The highest BCUT2D eigenvalue weighted by Crippen LogP contribution is 2.33. The monoisotopic (exact) mass is 292 g/mol. The Kier molecular flexibility index (Phi) is 4.10. The normalized spacial score (nSPS) is 10.2. The van der Waals surface area contributed by atoms with Gasteiger partial charge in [0.1, 0.15) is 11.3 Å². The number of carboxylic acids is 1. The largest absolute Gasteiger partial charge is 0.496 e. The van der Waals surface area contributed by atoms with Crippen molar-refractivity contribution in [1.82, 2.24) is 4.98 Å². The molecule has 0 saturated carbocycles. The van der Waals surface area contributed by atoms with Crippen LogP contribution in [0.25, 0.3) is 0 Å². The number of pyridine rings is 1. The molecule has 1 aromatic heterocycles. The van der Waals surface area contributed by atoms with E-state index in [-0.39, 0.29) is 11.3 Å². The number of hydrogen-bond donors (Lipinski definition) is 2. The number of rotatable bonds is 4. The molecular formula is C14H13ClN2O3. The third-order valence-electron chi connectivity index (χ3n) is 2.81. The molecule has 2 N–H and O–H groups in total. The number of nitrogens with zero attached hydrogens (tertiary/aromatic N) is 1. The summed E-state index contributed by atoms with van der Waals surface area (Å²) in [4.78, 5) is 15.1. The van der Waals surface area contributed by atoms with Gasteiger partial charge in [0, 0.05) is 24.1 Å². The van der Waals surface area contributed by atoms with Crippen LogP contribution in [0.2, 0.25) is 5.02 Å². The number of aryl methyl sites for hydroxylation is 1. The fourth-order valence-corrected chi connectivity index (χ4v) is 1.95. The number of benzene rings is 1. The van der Waals surface area contributed by atoms with E-state index in [2.05, 4.69) is 10.3 Å². The zero-order valence-electron chi connectivity index (χ0n) is 11.0. The standard InChI is InChI=1S/C14H13ClN2O3/c1-8-7-16-4-3-11(8)17-12-6-13(20-2)9(14(18)19)5-10(12)15/h3-7H,1-2H3,(H,16,17)(H,18,19). The molecule has 6 heteroatoms. The molecule has 2 aromatic rings. The van der Waals surface area contributed by atoms with Crippen LogP contribution < -0.4 is 10.1 Å². The van der Waals surface area contributed by atoms with Crippen LogP contribution in [0, 0.1) is 6.92 Å². The SMILES string of the molecule is COc1cc(Nc2ccncc2C)c(Cl)cc1C(=O)O. The zero-order chi connectivity index (χ0) is 14.7. The predicted octanol–water partition coefficient (Wildman–Crippen LogP) is 3.49. The summed E-state index contributed by atoms with van der Waals surface area (Å²) in [6.45, 7) is 1.91. The number of methoxy groups -OCH3 is 1. The van der Waals surface area contributed by atoms with Crippen LogP contribution >= 0.6 is 11.6 Å². The minimum atomic E-state index is -1.09. The second kappa shape index (κ2) is 5.79. The Hall–Kier alpha value is -2.27. The summed E-state index contributed by atoms with van der Waals surface area (Å²) < 4.78 is 5.08. The Bertz CT molecular complexity index is 659.